The Hall–Kier alpha value is -3.70. The second kappa shape index (κ2) is 7.77. The van der Waals surface area contributed by atoms with Gasteiger partial charge < -0.3 is 5.32 Å². The monoisotopic (exact) mass is 453 g/mol. The summed E-state index contributed by atoms with van der Waals surface area (Å²) in [5.41, 5.74) is -1.35. The molecule has 0 aliphatic carbocycles. The highest BCUT2D eigenvalue weighted by Crippen LogP contribution is 2.37. The van der Waals surface area contributed by atoms with Crippen LogP contribution in [-0.2, 0) is 18.8 Å². The average molecular weight is 453 g/mol. The second-order valence-corrected chi connectivity index (χ2v) is 6.83. The van der Waals surface area contributed by atoms with E-state index in [1.165, 1.54) is 12.1 Å². The lowest BCUT2D eigenvalue weighted by Gasteiger charge is -2.29. The molecule has 0 spiro atoms. The molecule has 0 unspecified atom stereocenters. The summed E-state index contributed by atoms with van der Waals surface area (Å²) in [5.74, 6) is -1.13. The van der Waals surface area contributed by atoms with E-state index in [0.717, 1.165) is 41.7 Å². The first-order chi connectivity index (χ1) is 15.1. The highest BCUT2D eigenvalue weighted by atomic mass is 19.4. The molecule has 0 saturated carbocycles. The number of fused-ring (bicyclic) bond motifs is 1. The van der Waals surface area contributed by atoms with Crippen LogP contribution in [0.5, 0.6) is 0 Å². The number of rotatable bonds is 3. The number of hydrogen-bond donors (Lipinski definition) is 1. The third-order valence-corrected chi connectivity index (χ3v) is 4.80. The first-order valence-electron chi connectivity index (χ1n) is 9.18. The lowest BCUT2D eigenvalue weighted by atomic mass is 10.0. The number of hydrogen-bond acceptors (Lipinski definition) is 5. The van der Waals surface area contributed by atoms with Gasteiger partial charge in [-0.2, -0.15) is 26.3 Å². The van der Waals surface area contributed by atoms with Crippen LogP contribution in [0, 0.1) is 0 Å². The number of alkyl halides is 6. The first-order valence-corrected chi connectivity index (χ1v) is 9.18. The molecule has 32 heavy (non-hydrogen) atoms. The lowest BCUT2D eigenvalue weighted by Crippen LogP contribution is -2.40. The molecule has 4 rings (SSSR count). The first kappa shape index (κ1) is 21.5. The number of nitrogens with zero attached hydrogens (tertiary/aromatic N) is 4. The zero-order chi connectivity index (χ0) is 23.1. The molecule has 0 bridgehead atoms. The Kier molecular flexibility index (Phi) is 5.23. The van der Waals surface area contributed by atoms with Crippen LogP contribution in [0.2, 0.25) is 0 Å². The van der Waals surface area contributed by atoms with Crippen LogP contribution in [0.3, 0.4) is 0 Å². The molecule has 1 N–H and O–H groups in total. The molecule has 3 aromatic rings. The Morgan fingerprint density at radius 3 is 2.28 bits per heavy atom. The number of halogens is 6. The molecule has 1 aromatic carbocycles. The summed E-state index contributed by atoms with van der Waals surface area (Å²) in [6, 6.07) is 6.16. The molecular formula is C20H13F6N5O. The average Bonchev–Trinajstić information content (AvgIpc) is 2.74. The number of nitrogens with one attached hydrogen (secondary N) is 1. The van der Waals surface area contributed by atoms with Crippen LogP contribution in [0.15, 0.2) is 48.9 Å². The highest BCUT2D eigenvalue weighted by Gasteiger charge is 2.39. The molecule has 1 aliphatic heterocycles. The zero-order valence-electron chi connectivity index (χ0n) is 16.0. The maximum atomic E-state index is 13.4. The summed E-state index contributed by atoms with van der Waals surface area (Å²) in [6.07, 6.45) is -6.87. The Balaban J connectivity index is 1.64. The largest absolute Gasteiger partial charge is 0.419 e. The second-order valence-electron chi connectivity index (χ2n) is 6.83. The smallest absolute Gasteiger partial charge is 0.340 e. The highest BCUT2D eigenvalue weighted by molar-refractivity contribution is 6.07. The fraction of sp³-hybridized carbons (Fsp3) is 0.200. The number of anilines is 3. The molecule has 12 heteroatoms. The fourth-order valence-electron chi connectivity index (χ4n) is 3.31. The van der Waals surface area contributed by atoms with Gasteiger partial charge in [0.05, 0.1) is 11.1 Å². The minimum absolute atomic E-state index is 0.110. The molecule has 0 radical (unpaired) electrons. The Morgan fingerprint density at radius 2 is 1.62 bits per heavy atom. The fourth-order valence-corrected chi connectivity index (χ4v) is 3.31. The molecule has 2 aromatic heterocycles. The van der Waals surface area contributed by atoms with Crippen molar-refractivity contribution in [3.63, 3.8) is 0 Å². The molecule has 0 fully saturated rings. The van der Waals surface area contributed by atoms with E-state index in [1.54, 1.807) is 0 Å². The van der Waals surface area contributed by atoms with Crippen molar-refractivity contribution in [3.8, 4) is 0 Å². The van der Waals surface area contributed by atoms with Gasteiger partial charge in [-0.1, -0.05) is 0 Å². The third-order valence-electron chi connectivity index (χ3n) is 4.80. The van der Waals surface area contributed by atoms with Crippen molar-refractivity contribution >= 4 is 23.2 Å². The van der Waals surface area contributed by atoms with E-state index < -0.39 is 35.2 Å². The van der Waals surface area contributed by atoms with Crippen molar-refractivity contribution in [2.45, 2.75) is 18.8 Å². The topological polar surface area (TPSA) is 71.0 Å². The third kappa shape index (κ3) is 4.07. The molecule has 1 aliphatic rings. The van der Waals surface area contributed by atoms with Gasteiger partial charge in [-0.15, -0.1) is 0 Å². The van der Waals surface area contributed by atoms with E-state index in [0.29, 0.717) is 5.56 Å². The predicted molar refractivity (Wildman–Crippen MR) is 101 cm³/mol. The maximum Gasteiger partial charge on any atom is 0.419 e. The van der Waals surface area contributed by atoms with Gasteiger partial charge in [0.15, 0.2) is 0 Å². The SMILES string of the molecule is O=C1c2ncnc(Nc3ccc(C(F)(F)F)cc3)c2CCN1c1ncccc1C(F)(F)F. The lowest BCUT2D eigenvalue weighted by molar-refractivity contribution is -0.138. The summed E-state index contributed by atoms with van der Waals surface area (Å²) in [5, 5.41) is 2.84. The summed E-state index contributed by atoms with van der Waals surface area (Å²) < 4.78 is 78.3. The normalized spacial score (nSPS) is 14.3. The van der Waals surface area contributed by atoms with Crippen molar-refractivity contribution in [3.05, 3.63) is 71.3 Å². The minimum atomic E-state index is -4.70. The Labute approximate surface area is 176 Å². The van der Waals surface area contributed by atoms with Crippen LogP contribution in [0.4, 0.5) is 43.7 Å². The van der Waals surface area contributed by atoms with Gasteiger partial charge in [0.25, 0.3) is 5.91 Å². The van der Waals surface area contributed by atoms with Gasteiger partial charge >= 0.3 is 12.4 Å². The van der Waals surface area contributed by atoms with Crippen LogP contribution >= 0.6 is 0 Å². The van der Waals surface area contributed by atoms with E-state index in [9.17, 15) is 31.1 Å². The quantitative estimate of drug-likeness (QED) is 0.574. The van der Waals surface area contributed by atoms with Crippen molar-refractivity contribution in [2.24, 2.45) is 0 Å². The molecule has 1 amide bonds. The van der Waals surface area contributed by atoms with Gasteiger partial charge in [-0.25, -0.2) is 15.0 Å². The van der Waals surface area contributed by atoms with Crippen molar-refractivity contribution in [2.75, 3.05) is 16.8 Å². The molecule has 166 valence electrons. The Bertz CT molecular complexity index is 1160. The van der Waals surface area contributed by atoms with Gasteiger partial charge in [-0.3, -0.25) is 9.69 Å². The van der Waals surface area contributed by atoms with Gasteiger partial charge in [0.2, 0.25) is 0 Å². The molecule has 0 atom stereocenters. The number of carbonyl (C=O) groups is 1. The summed E-state index contributed by atoms with van der Waals surface area (Å²) in [7, 11) is 0. The van der Waals surface area contributed by atoms with Gasteiger partial charge in [-0.05, 0) is 42.8 Å². The Morgan fingerprint density at radius 1 is 0.906 bits per heavy atom. The van der Waals surface area contributed by atoms with E-state index in [4.69, 9.17) is 0 Å². The number of amides is 1. The maximum absolute atomic E-state index is 13.4. The molecular weight excluding hydrogens is 440 g/mol. The van der Waals surface area contributed by atoms with Gasteiger partial charge in [0.1, 0.15) is 23.7 Å². The summed E-state index contributed by atoms with van der Waals surface area (Å²) in [6.45, 7) is -0.110. The van der Waals surface area contributed by atoms with Crippen molar-refractivity contribution < 1.29 is 31.1 Å². The predicted octanol–water partition coefficient (Wildman–Crippen LogP) is 4.86. The van der Waals surface area contributed by atoms with Crippen LogP contribution in [0.25, 0.3) is 0 Å². The van der Waals surface area contributed by atoms with E-state index >= 15 is 0 Å². The number of aromatic nitrogens is 3. The van der Waals surface area contributed by atoms with Crippen molar-refractivity contribution in [1.29, 1.82) is 0 Å². The standard InChI is InChI=1S/C20H13F6N5O/c21-19(22,23)11-3-5-12(6-4-11)30-16-13-7-9-31(18(32)15(13)28-10-29-16)17-14(20(24,25)26)2-1-8-27-17/h1-6,8,10H,7,9H2,(H,28,29,30). The van der Waals surface area contributed by atoms with E-state index in [1.807, 2.05) is 0 Å². The molecule has 3 heterocycles. The van der Waals surface area contributed by atoms with Gasteiger partial charge in [0, 0.05) is 24.0 Å². The molecule has 6 nitrogen and oxygen atoms in total. The van der Waals surface area contributed by atoms with Crippen molar-refractivity contribution in [1.82, 2.24) is 15.0 Å². The summed E-state index contributed by atoms with van der Waals surface area (Å²) in [4.78, 5) is 25.5. The number of benzene rings is 1. The van der Waals surface area contributed by atoms with Crippen LogP contribution < -0.4 is 10.2 Å². The van der Waals surface area contributed by atoms with Crippen LogP contribution in [-0.4, -0.2) is 27.4 Å². The van der Waals surface area contributed by atoms with E-state index in [-0.39, 0.29) is 30.2 Å². The number of carbonyl (C=O) groups excluding carboxylic acids is 1. The summed E-state index contributed by atoms with van der Waals surface area (Å²) >= 11 is 0. The van der Waals surface area contributed by atoms with E-state index in [2.05, 4.69) is 20.3 Å². The zero-order valence-corrected chi connectivity index (χ0v) is 16.0. The molecule has 0 saturated heterocycles. The van der Waals surface area contributed by atoms with Crippen LogP contribution in [0.1, 0.15) is 27.2 Å². The minimum Gasteiger partial charge on any atom is -0.340 e. The number of pyridine rings is 1.